The van der Waals surface area contributed by atoms with Crippen LogP contribution in [-0.4, -0.2) is 17.2 Å². The van der Waals surface area contributed by atoms with Crippen LogP contribution >= 0.6 is 0 Å². The van der Waals surface area contributed by atoms with E-state index in [1.54, 1.807) is 0 Å². The topological polar surface area (TPSA) is 70.6 Å². The van der Waals surface area contributed by atoms with Gasteiger partial charge in [0.15, 0.2) is 0 Å². The Morgan fingerprint density at radius 3 is 2.92 bits per heavy atom. The van der Waals surface area contributed by atoms with Gasteiger partial charge in [0.2, 0.25) is 5.96 Å². The zero-order chi connectivity index (χ0) is 8.97. The third-order valence-electron chi connectivity index (χ3n) is 2.34. The van der Waals surface area contributed by atoms with Gasteiger partial charge in [-0.2, -0.15) is 0 Å². The first-order chi connectivity index (χ1) is 5.72. The van der Waals surface area contributed by atoms with E-state index in [1.807, 2.05) is 5.48 Å². The van der Waals surface area contributed by atoms with Crippen molar-refractivity contribution < 1.29 is 5.21 Å². The van der Waals surface area contributed by atoms with Gasteiger partial charge in [0.05, 0.1) is 6.04 Å². The molecule has 0 aliphatic heterocycles. The lowest BCUT2D eigenvalue weighted by Gasteiger charge is -2.23. The van der Waals surface area contributed by atoms with Crippen LogP contribution in [0.2, 0.25) is 0 Å². The number of hydrogen-bond donors (Lipinski definition) is 3. The van der Waals surface area contributed by atoms with Crippen molar-refractivity contribution in [1.29, 1.82) is 0 Å². The summed E-state index contributed by atoms with van der Waals surface area (Å²) < 4.78 is 0. The Morgan fingerprint density at radius 2 is 2.33 bits per heavy atom. The Labute approximate surface area is 72.8 Å². The fraction of sp³-hybridized carbons (Fsp3) is 0.875. The lowest BCUT2D eigenvalue weighted by atomic mass is 9.87. The van der Waals surface area contributed by atoms with E-state index >= 15 is 0 Å². The van der Waals surface area contributed by atoms with Crippen molar-refractivity contribution in [3.8, 4) is 0 Å². The summed E-state index contributed by atoms with van der Waals surface area (Å²) in [6.45, 7) is 2.23. The van der Waals surface area contributed by atoms with Crippen LogP contribution in [-0.2, 0) is 0 Å². The van der Waals surface area contributed by atoms with Crippen molar-refractivity contribution in [2.75, 3.05) is 0 Å². The van der Waals surface area contributed by atoms with Gasteiger partial charge in [-0.1, -0.05) is 19.8 Å². The highest BCUT2D eigenvalue weighted by Gasteiger charge is 2.17. The van der Waals surface area contributed by atoms with Gasteiger partial charge >= 0.3 is 0 Å². The van der Waals surface area contributed by atoms with Crippen molar-refractivity contribution in [3.63, 3.8) is 0 Å². The second kappa shape index (κ2) is 4.30. The Hall–Kier alpha value is -0.770. The molecule has 0 spiro atoms. The zero-order valence-corrected chi connectivity index (χ0v) is 7.45. The summed E-state index contributed by atoms with van der Waals surface area (Å²) in [5.41, 5.74) is 7.19. The Morgan fingerprint density at radius 1 is 1.58 bits per heavy atom. The van der Waals surface area contributed by atoms with Gasteiger partial charge in [-0.25, -0.2) is 10.5 Å². The summed E-state index contributed by atoms with van der Waals surface area (Å²) in [6.07, 6.45) is 4.68. The zero-order valence-electron chi connectivity index (χ0n) is 7.45. The third-order valence-corrected chi connectivity index (χ3v) is 2.34. The van der Waals surface area contributed by atoms with Crippen LogP contribution in [0, 0.1) is 5.92 Å². The average Bonchev–Trinajstić information content (AvgIpc) is 2.04. The molecule has 0 radical (unpaired) electrons. The summed E-state index contributed by atoms with van der Waals surface area (Å²) in [5, 5.41) is 8.43. The predicted octanol–water partition coefficient (Wildman–Crippen LogP) is 0.859. The molecule has 70 valence electrons. The van der Waals surface area contributed by atoms with E-state index in [-0.39, 0.29) is 5.96 Å². The summed E-state index contributed by atoms with van der Waals surface area (Å²) in [7, 11) is 0. The summed E-state index contributed by atoms with van der Waals surface area (Å²) in [6, 6.07) is 0.299. The maximum absolute atomic E-state index is 8.43. The molecule has 0 saturated heterocycles. The molecule has 2 atom stereocenters. The minimum atomic E-state index is 0.133. The fourth-order valence-electron chi connectivity index (χ4n) is 1.74. The monoisotopic (exact) mass is 171 g/mol. The summed E-state index contributed by atoms with van der Waals surface area (Å²) >= 11 is 0. The molecule has 0 aromatic carbocycles. The number of nitrogens with one attached hydrogen (secondary N) is 1. The highest BCUT2D eigenvalue weighted by atomic mass is 16.5. The van der Waals surface area contributed by atoms with E-state index in [4.69, 9.17) is 10.9 Å². The minimum absolute atomic E-state index is 0.133. The van der Waals surface area contributed by atoms with Crippen LogP contribution in [0.1, 0.15) is 32.6 Å². The molecular weight excluding hydrogens is 154 g/mol. The maximum atomic E-state index is 8.43. The Balaban J connectivity index is 2.41. The van der Waals surface area contributed by atoms with Gasteiger partial charge in [0.25, 0.3) is 0 Å². The van der Waals surface area contributed by atoms with Crippen LogP contribution in [0.3, 0.4) is 0 Å². The first kappa shape index (κ1) is 9.32. The van der Waals surface area contributed by atoms with Crippen LogP contribution in [0.25, 0.3) is 0 Å². The second-order valence-corrected chi connectivity index (χ2v) is 3.55. The van der Waals surface area contributed by atoms with Crippen molar-refractivity contribution in [3.05, 3.63) is 0 Å². The Bertz CT molecular complexity index is 170. The van der Waals surface area contributed by atoms with Gasteiger partial charge < -0.3 is 5.73 Å². The summed E-state index contributed by atoms with van der Waals surface area (Å²) in [5.74, 6) is 0.869. The lowest BCUT2D eigenvalue weighted by molar-refractivity contribution is 0.230. The average molecular weight is 171 g/mol. The molecule has 0 heterocycles. The van der Waals surface area contributed by atoms with E-state index in [0.717, 1.165) is 18.8 Å². The number of rotatable bonds is 1. The van der Waals surface area contributed by atoms with E-state index < -0.39 is 0 Å². The maximum Gasteiger partial charge on any atom is 0.213 e. The first-order valence-corrected chi connectivity index (χ1v) is 4.45. The van der Waals surface area contributed by atoms with Gasteiger partial charge in [-0.15, -0.1) is 0 Å². The fourth-order valence-corrected chi connectivity index (χ4v) is 1.74. The SMILES string of the molecule is CC1CCCC(N=C(N)NO)C1. The summed E-state index contributed by atoms with van der Waals surface area (Å²) in [4.78, 5) is 4.14. The highest BCUT2D eigenvalue weighted by molar-refractivity contribution is 5.76. The quantitative estimate of drug-likeness (QED) is 0.311. The smallest absolute Gasteiger partial charge is 0.213 e. The largest absolute Gasteiger partial charge is 0.368 e. The van der Waals surface area contributed by atoms with Crippen molar-refractivity contribution >= 4 is 5.96 Å². The molecule has 4 N–H and O–H groups in total. The number of hydroxylamine groups is 1. The van der Waals surface area contributed by atoms with Crippen LogP contribution < -0.4 is 11.2 Å². The Kier molecular flexibility index (Phi) is 3.34. The van der Waals surface area contributed by atoms with Gasteiger partial charge in [0.1, 0.15) is 0 Å². The predicted molar refractivity (Wildman–Crippen MR) is 48.0 cm³/mol. The molecule has 1 aliphatic rings. The van der Waals surface area contributed by atoms with Crippen LogP contribution in [0.5, 0.6) is 0 Å². The lowest BCUT2D eigenvalue weighted by Crippen LogP contribution is -2.31. The molecule has 0 aromatic heterocycles. The molecule has 1 rings (SSSR count). The van der Waals surface area contributed by atoms with E-state index in [9.17, 15) is 0 Å². The number of guanidine groups is 1. The molecule has 4 nitrogen and oxygen atoms in total. The van der Waals surface area contributed by atoms with Crippen molar-refractivity contribution in [1.82, 2.24) is 5.48 Å². The molecular formula is C8H17N3O. The molecule has 4 heteroatoms. The van der Waals surface area contributed by atoms with Gasteiger partial charge in [-0.05, 0) is 18.8 Å². The number of hydrogen-bond acceptors (Lipinski definition) is 2. The molecule has 2 unspecified atom stereocenters. The molecule has 12 heavy (non-hydrogen) atoms. The normalized spacial score (nSPS) is 31.7. The van der Waals surface area contributed by atoms with Crippen LogP contribution in [0.15, 0.2) is 4.99 Å². The number of aliphatic imine (C=N–C) groups is 1. The van der Waals surface area contributed by atoms with Crippen molar-refractivity contribution in [2.24, 2.45) is 16.6 Å². The van der Waals surface area contributed by atoms with Gasteiger partial charge in [-0.3, -0.25) is 5.21 Å². The van der Waals surface area contributed by atoms with E-state index in [0.29, 0.717) is 6.04 Å². The number of nitrogens with zero attached hydrogens (tertiary/aromatic N) is 1. The molecule has 0 aromatic rings. The van der Waals surface area contributed by atoms with E-state index in [2.05, 4.69) is 11.9 Å². The highest BCUT2D eigenvalue weighted by Crippen LogP contribution is 2.25. The van der Waals surface area contributed by atoms with Gasteiger partial charge in [0, 0.05) is 0 Å². The molecule has 0 bridgehead atoms. The van der Waals surface area contributed by atoms with E-state index in [1.165, 1.54) is 12.8 Å². The molecule has 1 saturated carbocycles. The molecule has 1 aliphatic carbocycles. The standard InChI is InChI=1S/C8H17N3O/c1-6-3-2-4-7(5-6)10-8(9)11-12/h6-7,12H,2-5H2,1H3,(H3,9,10,11). The second-order valence-electron chi connectivity index (χ2n) is 3.55. The van der Waals surface area contributed by atoms with Crippen molar-refractivity contribution in [2.45, 2.75) is 38.6 Å². The van der Waals surface area contributed by atoms with Crippen LogP contribution in [0.4, 0.5) is 0 Å². The first-order valence-electron chi connectivity index (χ1n) is 4.45. The number of nitrogens with two attached hydrogens (primary N) is 1. The minimum Gasteiger partial charge on any atom is -0.368 e. The molecule has 1 fully saturated rings. The third kappa shape index (κ3) is 2.70. The molecule has 0 amide bonds.